The van der Waals surface area contributed by atoms with E-state index in [-0.39, 0.29) is 0 Å². The molecule has 10 heteroatoms. The number of benzene rings is 2. The first-order valence-electron chi connectivity index (χ1n) is 9.78. The van der Waals surface area contributed by atoms with Gasteiger partial charge in [-0.25, -0.2) is 9.69 Å². The first-order valence-corrected chi connectivity index (χ1v) is 9.78. The number of hydrogen-bond acceptors (Lipinski definition) is 7. The molecule has 0 spiro atoms. The molecule has 2 atom stereocenters. The lowest BCUT2D eigenvalue weighted by Gasteiger charge is -2.20. The second kappa shape index (κ2) is 8.34. The molecule has 2 heterocycles. The van der Waals surface area contributed by atoms with Gasteiger partial charge in [0.25, 0.3) is 11.8 Å². The average molecular weight is 420 g/mol. The summed E-state index contributed by atoms with van der Waals surface area (Å²) in [6, 6.07) is 13.0. The van der Waals surface area contributed by atoms with Gasteiger partial charge in [0.15, 0.2) is 12.1 Å². The fourth-order valence-corrected chi connectivity index (χ4v) is 3.48. The van der Waals surface area contributed by atoms with Crippen LogP contribution >= 0.6 is 0 Å². The van der Waals surface area contributed by atoms with Gasteiger partial charge in [0.2, 0.25) is 5.91 Å². The monoisotopic (exact) mass is 420 g/mol. The predicted octanol–water partition coefficient (Wildman–Crippen LogP) is 1.89. The summed E-state index contributed by atoms with van der Waals surface area (Å²) in [6.45, 7) is 1.63. The van der Waals surface area contributed by atoms with Crippen LogP contribution in [0.25, 0.3) is 0 Å². The van der Waals surface area contributed by atoms with E-state index in [0.29, 0.717) is 11.4 Å². The number of nitrogens with zero attached hydrogens (tertiary/aromatic N) is 4. The molecule has 2 aromatic rings. The third-order valence-electron chi connectivity index (χ3n) is 5.05. The zero-order chi connectivity index (χ0) is 22.0. The third-order valence-corrected chi connectivity index (χ3v) is 5.05. The number of nitrogens with one attached hydrogen (secondary N) is 2. The van der Waals surface area contributed by atoms with Crippen molar-refractivity contribution in [1.82, 2.24) is 10.3 Å². The van der Waals surface area contributed by atoms with Crippen molar-refractivity contribution in [3.8, 4) is 0 Å². The first-order chi connectivity index (χ1) is 15.0. The molecule has 0 saturated carbocycles. The normalized spacial score (nSPS) is 19.5. The number of imide groups is 2. The third kappa shape index (κ3) is 4.00. The van der Waals surface area contributed by atoms with Gasteiger partial charge in [-0.2, -0.15) is 5.11 Å². The molecule has 2 aliphatic rings. The second-order valence-electron chi connectivity index (χ2n) is 7.09. The standard InChI is InChI=1S/C21H20N6O4/c1-2-13-8-10-14(11-9-13)22-21(31)23-16(28)12-26-18-17(24-25-26)19(29)27(20(18)30)15-6-4-3-5-7-15/h3-11,17-18H,2,12H2,1H3,(H2,22,23,28,31)/t17-,18+/m0/s1. The average Bonchev–Trinajstić information content (AvgIpc) is 3.28. The van der Waals surface area contributed by atoms with E-state index in [1.54, 1.807) is 42.5 Å². The topological polar surface area (TPSA) is 124 Å². The zero-order valence-electron chi connectivity index (χ0n) is 16.7. The van der Waals surface area contributed by atoms with Crippen LogP contribution < -0.4 is 15.5 Å². The molecule has 1 saturated heterocycles. The number of amides is 5. The van der Waals surface area contributed by atoms with E-state index in [0.717, 1.165) is 21.9 Å². The Kier molecular flexibility index (Phi) is 5.44. The molecule has 1 fully saturated rings. The molecular formula is C21H20N6O4. The van der Waals surface area contributed by atoms with E-state index in [4.69, 9.17) is 0 Å². The van der Waals surface area contributed by atoms with Gasteiger partial charge in [-0.15, -0.1) is 0 Å². The molecule has 0 aromatic heterocycles. The van der Waals surface area contributed by atoms with Gasteiger partial charge >= 0.3 is 6.03 Å². The predicted molar refractivity (Wildman–Crippen MR) is 111 cm³/mol. The van der Waals surface area contributed by atoms with E-state index >= 15 is 0 Å². The van der Waals surface area contributed by atoms with Crippen LogP contribution in [-0.2, 0) is 20.8 Å². The van der Waals surface area contributed by atoms with E-state index < -0.39 is 42.4 Å². The molecule has 0 bridgehead atoms. The minimum Gasteiger partial charge on any atom is -0.308 e. The molecule has 2 N–H and O–H groups in total. The van der Waals surface area contributed by atoms with Crippen LogP contribution in [-0.4, -0.2) is 47.4 Å². The number of para-hydroxylation sites is 1. The maximum Gasteiger partial charge on any atom is 0.325 e. The van der Waals surface area contributed by atoms with Crippen molar-refractivity contribution in [2.45, 2.75) is 25.4 Å². The summed E-state index contributed by atoms with van der Waals surface area (Å²) in [7, 11) is 0. The van der Waals surface area contributed by atoms with Crippen molar-refractivity contribution in [3.63, 3.8) is 0 Å². The Morgan fingerprint density at radius 1 is 1.00 bits per heavy atom. The van der Waals surface area contributed by atoms with Crippen molar-refractivity contribution in [2.24, 2.45) is 10.3 Å². The number of rotatable bonds is 5. The van der Waals surface area contributed by atoms with Crippen LogP contribution in [0.1, 0.15) is 12.5 Å². The van der Waals surface area contributed by atoms with Crippen LogP contribution in [0.15, 0.2) is 64.9 Å². The molecular weight excluding hydrogens is 400 g/mol. The summed E-state index contributed by atoms with van der Waals surface area (Å²) in [6.07, 6.45) is 0.875. The number of fused-ring (bicyclic) bond motifs is 1. The molecule has 158 valence electrons. The Morgan fingerprint density at radius 2 is 1.71 bits per heavy atom. The lowest BCUT2D eigenvalue weighted by molar-refractivity contribution is -0.124. The van der Waals surface area contributed by atoms with Gasteiger partial charge in [-0.3, -0.25) is 24.7 Å². The van der Waals surface area contributed by atoms with Crippen LogP contribution in [0.5, 0.6) is 0 Å². The maximum atomic E-state index is 12.8. The van der Waals surface area contributed by atoms with Crippen LogP contribution in [0, 0.1) is 0 Å². The largest absolute Gasteiger partial charge is 0.325 e. The number of aryl methyl sites for hydroxylation is 1. The molecule has 5 amide bonds. The molecule has 31 heavy (non-hydrogen) atoms. The highest BCUT2D eigenvalue weighted by Gasteiger charge is 2.55. The fourth-order valence-electron chi connectivity index (χ4n) is 3.48. The summed E-state index contributed by atoms with van der Waals surface area (Å²) in [4.78, 5) is 50.9. The fraction of sp³-hybridized carbons (Fsp3) is 0.238. The van der Waals surface area contributed by atoms with Crippen molar-refractivity contribution in [3.05, 3.63) is 60.2 Å². The second-order valence-corrected chi connectivity index (χ2v) is 7.09. The van der Waals surface area contributed by atoms with Gasteiger partial charge in [-0.05, 0) is 36.2 Å². The highest BCUT2D eigenvalue weighted by molar-refractivity contribution is 6.25. The van der Waals surface area contributed by atoms with E-state index in [1.807, 2.05) is 19.1 Å². The smallest absolute Gasteiger partial charge is 0.308 e. The first kappa shape index (κ1) is 20.2. The van der Waals surface area contributed by atoms with Crippen LogP contribution in [0.2, 0.25) is 0 Å². The van der Waals surface area contributed by atoms with Crippen molar-refractivity contribution in [1.29, 1.82) is 0 Å². The lowest BCUT2D eigenvalue weighted by Crippen LogP contribution is -2.46. The van der Waals surface area contributed by atoms with E-state index in [2.05, 4.69) is 21.0 Å². The summed E-state index contributed by atoms with van der Waals surface area (Å²) >= 11 is 0. The van der Waals surface area contributed by atoms with Gasteiger partial charge in [0.05, 0.1) is 5.69 Å². The Balaban J connectivity index is 1.37. The molecule has 4 rings (SSSR count). The Labute approximate surface area is 177 Å². The molecule has 0 aliphatic carbocycles. The van der Waals surface area contributed by atoms with Crippen molar-refractivity contribution < 1.29 is 19.2 Å². The minimum atomic E-state index is -1.01. The van der Waals surface area contributed by atoms with Crippen molar-refractivity contribution in [2.75, 3.05) is 16.8 Å². The van der Waals surface area contributed by atoms with Gasteiger partial charge in [0.1, 0.15) is 6.54 Å². The molecule has 0 radical (unpaired) electrons. The molecule has 2 aromatic carbocycles. The Hall–Kier alpha value is -4.08. The summed E-state index contributed by atoms with van der Waals surface area (Å²) < 4.78 is 0. The van der Waals surface area contributed by atoms with Crippen LogP contribution in [0.4, 0.5) is 16.2 Å². The summed E-state index contributed by atoms with van der Waals surface area (Å²) in [5.41, 5.74) is 2.09. The maximum absolute atomic E-state index is 12.8. The number of anilines is 2. The number of carbonyl (C=O) groups excluding carboxylic acids is 4. The highest BCUT2D eigenvalue weighted by Crippen LogP contribution is 2.31. The van der Waals surface area contributed by atoms with Crippen LogP contribution in [0.3, 0.4) is 0 Å². The van der Waals surface area contributed by atoms with Gasteiger partial charge in [-0.1, -0.05) is 42.5 Å². The zero-order valence-corrected chi connectivity index (χ0v) is 16.7. The number of urea groups is 1. The molecule has 10 nitrogen and oxygen atoms in total. The highest BCUT2D eigenvalue weighted by atomic mass is 16.2. The number of carbonyl (C=O) groups is 4. The van der Waals surface area contributed by atoms with Crippen molar-refractivity contribution >= 4 is 35.1 Å². The SMILES string of the molecule is CCc1ccc(NC(=O)NC(=O)CN2N=N[C@@H]3C(=O)N(c4ccccc4)C(=O)[C@@H]32)cc1. The molecule has 0 unspecified atom stereocenters. The Morgan fingerprint density at radius 3 is 2.39 bits per heavy atom. The number of hydrogen-bond donors (Lipinski definition) is 2. The summed E-state index contributed by atoms with van der Waals surface area (Å²) in [5, 5.41) is 13.5. The lowest BCUT2D eigenvalue weighted by atomic mass is 10.1. The molecule has 2 aliphatic heterocycles. The summed E-state index contributed by atoms with van der Waals surface area (Å²) in [5.74, 6) is -1.69. The van der Waals surface area contributed by atoms with E-state index in [9.17, 15) is 19.2 Å². The van der Waals surface area contributed by atoms with Gasteiger partial charge < -0.3 is 5.32 Å². The Bertz CT molecular complexity index is 1050. The minimum absolute atomic E-state index is 0.394. The van der Waals surface area contributed by atoms with Gasteiger partial charge in [0, 0.05) is 5.69 Å². The van der Waals surface area contributed by atoms with E-state index in [1.165, 1.54) is 0 Å². The quantitative estimate of drug-likeness (QED) is 0.715.